The Hall–Kier alpha value is -2.37. The molecule has 1 aromatic rings. The summed E-state index contributed by atoms with van der Waals surface area (Å²) in [5.74, 6) is -1.61. The molecule has 1 aromatic carbocycles. The summed E-state index contributed by atoms with van der Waals surface area (Å²) in [6.45, 7) is 3.68. The molecule has 0 bridgehead atoms. The fourth-order valence-electron chi connectivity index (χ4n) is 2.27. The van der Waals surface area contributed by atoms with Gasteiger partial charge in [0, 0.05) is 18.2 Å². The first-order valence-electron chi connectivity index (χ1n) is 7.24. The molecule has 0 saturated heterocycles. The highest BCUT2D eigenvalue weighted by Gasteiger charge is 2.31. The van der Waals surface area contributed by atoms with Crippen LogP contribution in [0.3, 0.4) is 0 Å². The van der Waals surface area contributed by atoms with Gasteiger partial charge in [-0.3, -0.25) is 14.4 Å². The molecule has 6 nitrogen and oxygen atoms in total. The molecule has 0 spiro atoms. The Kier molecular flexibility index (Phi) is 6.10. The highest BCUT2D eigenvalue weighted by atomic mass is 16.4. The van der Waals surface area contributed by atoms with Gasteiger partial charge >= 0.3 is 5.97 Å². The van der Waals surface area contributed by atoms with Gasteiger partial charge in [-0.15, -0.1) is 0 Å². The number of hydrogen-bond donors (Lipinski definition) is 3. The van der Waals surface area contributed by atoms with E-state index in [1.54, 1.807) is 18.2 Å². The van der Waals surface area contributed by atoms with E-state index in [0.717, 1.165) is 0 Å². The van der Waals surface area contributed by atoms with Gasteiger partial charge in [0.1, 0.15) is 0 Å². The van der Waals surface area contributed by atoms with E-state index in [1.807, 2.05) is 13.8 Å². The fourth-order valence-corrected chi connectivity index (χ4v) is 2.27. The Morgan fingerprint density at radius 1 is 1.09 bits per heavy atom. The molecule has 0 aromatic heterocycles. The molecule has 22 heavy (non-hydrogen) atoms. The minimum absolute atomic E-state index is 0.138. The number of carboxylic acid groups (broad SMARTS) is 1. The van der Waals surface area contributed by atoms with Crippen LogP contribution >= 0.6 is 0 Å². The molecule has 2 amide bonds. The topological polar surface area (TPSA) is 95.5 Å². The van der Waals surface area contributed by atoms with Gasteiger partial charge in [0.05, 0.1) is 12.0 Å². The van der Waals surface area contributed by atoms with Crippen molar-refractivity contribution in [2.24, 2.45) is 0 Å². The van der Waals surface area contributed by atoms with E-state index in [1.165, 1.54) is 13.1 Å². The fraction of sp³-hybridized carbons (Fsp3) is 0.438. The third-order valence-electron chi connectivity index (χ3n) is 3.84. The van der Waals surface area contributed by atoms with Crippen molar-refractivity contribution in [2.75, 3.05) is 7.05 Å². The van der Waals surface area contributed by atoms with Gasteiger partial charge in [0.25, 0.3) is 11.8 Å². The van der Waals surface area contributed by atoms with Crippen molar-refractivity contribution < 1.29 is 19.5 Å². The lowest BCUT2D eigenvalue weighted by Crippen LogP contribution is -2.49. The Balaban J connectivity index is 3.00. The van der Waals surface area contributed by atoms with Crippen LogP contribution in [-0.4, -0.2) is 35.5 Å². The summed E-state index contributed by atoms with van der Waals surface area (Å²) < 4.78 is 0. The molecule has 6 heteroatoms. The van der Waals surface area contributed by atoms with Crippen molar-refractivity contribution in [1.82, 2.24) is 10.6 Å². The molecule has 0 unspecified atom stereocenters. The maximum atomic E-state index is 12.4. The minimum Gasteiger partial charge on any atom is -0.481 e. The van der Waals surface area contributed by atoms with Crippen LogP contribution in [-0.2, 0) is 4.79 Å². The molecule has 0 heterocycles. The normalized spacial score (nSPS) is 10.9. The Labute approximate surface area is 129 Å². The Morgan fingerprint density at radius 3 is 2.09 bits per heavy atom. The zero-order valence-corrected chi connectivity index (χ0v) is 13.1. The zero-order chi connectivity index (χ0) is 16.8. The number of benzene rings is 1. The van der Waals surface area contributed by atoms with Crippen LogP contribution in [0.4, 0.5) is 0 Å². The SMILES string of the molecule is CCC(CC)(CC(=O)O)NC(=O)c1cccc(C(=O)NC)c1. The molecule has 0 aliphatic carbocycles. The summed E-state index contributed by atoms with van der Waals surface area (Å²) >= 11 is 0. The van der Waals surface area contributed by atoms with Crippen LogP contribution in [0.15, 0.2) is 24.3 Å². The average molecular weight is 306 g/mol. The van der Waals surface area contributed by atoms with E-state index in [9.17, 15) is 14.4 Å². The first kappa shape index (κ1) is 17.7. The quantitative estimate of drug-likeness (QED) is 0.716. The maximum Gasteiger partial charge on any atom is 0.305 e. The highest BCUT2D eigenvalue weighted by molar-refractivity contribution is 5.99. The number of rotatable bonds is 7. The molecule has 0 radical (unpaired) electrons. The number of nitrogens with one attached hydrogen (secondary N) is 2. The molecule has 0 fully saturated rings. The standard InChI is InChI=1S/C16H22N2O4/c1-4-16(5-2,10-13(19)20)18-15(22)12-8-6-7-11(9-12)14(21)17-3/h6-9H,4-5,10H2,1-3H3,(H,17,21)(H,18,22)(H,19,20). The third-order valence-corrected chi connectivity index (χ3v) is 3.84. The Bertz CT molecular complexity index is 565. The van der Waals surface area contributed by atoms with E-state index in [2.05, 4.69) is 10.6 Å². The molecule has 0 atom stereocenters. The predicted octanol–water partition coefficient (Wildman–Crippen LogP) is 1.81. The van der Waals surface area contributed by atoms with Gasteiger partial charge < -0.3 is 15.7 Å². The van der Waals surface area contributed by atoms with Gasteiger partial charge in [0.15, 0.2) is 0 Å². The van der Waals surface area contributed by atoms with Gasteiger partial charge in [-0.1, -0.05) is 19.9 Å². The molecular weight excluding hydrogens is 284 g/mol. The van der Waals surface area contributed by atoms with Crippen molar-refractivity contribution in [3.63, 3.8) is 0 Å². The van der Waals surface area contributed by atoms with Crippen molar-refractivity contribution in [2.45, 2.75) is 38.6 Å². The summed E-state index contributed by atoms with van der Waals surface area (Å²) in [4.78, 5) is 35.0. The number of carbonyl (C=O) groups excluding carboxylic acids is 2. The number of aliphatic carboxylic acids is 1. The van der Waals surface area contributed by atoms with Gasteiger partial charge in [-0.25, -0.2) is 0 Å². The third kappa shape index (κ3) is 4.31. The van der Waals surface area contributed by atoms with Crippen LogP contribution in [0, 0.1) is 0 Å². The number of carboxylic acids is 1. The lowest BCUT2D eigenvalue weighted by Gasteiger charge is -2.31. The van der Waals surface area contributed by atoms with Crippen molar-refractivity contribution in [1.29, 1.82) is 0 Å². The first-order chi connectivity index (χ1) is 10.4. The number of amides is 2. The molecule has 1 rings (SSSR count). The van der Waals surface area contributed by atoms with Crippen LogP contribution in [0.2, 0.25) is 0 Å². The second-order valence-corrected chi connectivity index (χ2v) is 5.17. The van der Waals surface area contributed by atoms with Crippen LogP contribution in [0.1, 0.15) is 53.8 Å². The van der Waals surface area contributed by atoms with Crippen LogP contribution < -0.4 is 10.6 Å². The average Bonchev–Trinajstić information content (AvgIpc) is 2.52. The van der Waals surface area contributed by atoms with Crippen molar-refractivity contribution in [3.05, 3.63) is 35.4 Å². The summed E-state index contributed by atoms with van der Waals surface area (Å²) in [6, 6.07) is 6.32. The van der Waals surface area contributed by atoms with Gasteiger partial charge in [-0.2, -0.15) is 0 Å². The monoisotopic (exact) mass is 306 g/mol. The molecule has 0 saturated carbocycles. The van der Waals surface area contributed by atoms with Crippen molar-refractivity contribution in [3.8, 4) is 0 Å². The van der Waals surface area contributed by atoms with E-state index in [0.29, 0.717) is 24.0 Å². The lowest BCUT2D eigenvalue weighted by molar-refractivity contribution is -0.138. The number of hydrogen-bond acceptors (Lipinski definition) is 3. The van der Waals surface area contributed by atoms with Crippen molar-refractivity contribution >= 4 is 17.8 Å². The summed E-state index contributed by atoms with van der Waals surface area (Å²) in [7, 11) is 1.52. The van der Waals surface area contributed by atoms with E-state index < -0.39 is 11.5 Å². The second-order valence-electron chi connectivity index (χ2n) is 5.17. The zero-order valence-electron chi connectivity index (χ0n) is 13.1. The van der Waals surface area contributed by atoms with Gasteiger partial charge in [0.2, 0.25) is 0 Å². The summed E-state index contributed by atoms with van der Waals surface area (Å²) in [5, 5.41) is 14.3. The molecule has 3 N–H and O–H groups in total. The Morgan fingerprint density at radius 2 is 1.64 bits per heavy atom. The first-order valence-corrected chi connectivity index (χ1v) is 7.24. The molecule has 0 aliphatic heterocycles. The molecular formula is C16H22N2O4. The van der Waals surface area contributed by atoms with Crippen LogP contribution in [0.25, 0.3) is 0 Å². The number of carbonyl (C=O) groups is 3. The van der Waals surface area contributed by atoms with E-state index >= 15 is 0 Å². The minimum atomic E-state index is -0.955. The van der Waals surface area contributed by atoms with E-state index in [4.69, 9.17) is 5.11 Å². The lowest BCUT2D eigenvalue weighted by atomic mass is 9.88. The second kappa shape index (κ2) is 7.59. The smallest absolute Gasteiger partial charge is 0.305 e. The highest BCUT2D eigenvalue weighted by Crippen LogP contribution is 2.21. The van der Waals surface area contributed by atoms with E-state index in [-0.39, 0.29) is 18.2 Å². The summed E-state index contributed by atoms with van der Waals surface area (Å²) in [5.41, 5.74) is -0.0730. The van der Waals surface area contributed by atoms with Gasteiger partial charge in [-0.05, 0) is 31.0 Å². The molecule has 120 valence electrons. The molecule has 0 aliphatic rings. The summed E-state index contributed by atoms with van der Waals surface area (Å²) in [6.07, 6.45) is 0.883. The largest absolute Gasteiger partial charge is 0.481 e. The van der Waals surface area contributed by atoms with Crippen LogP contribution in [0.5, 0.6) is 0 Å². The maximum absolute atomic E-state index is 12.4. The predicted molar refractivity (Wildman–Crippen MR) is 82.9 cm³/mol.